The molecule has 0 spiro atoms. The number of fused-ring (bicyclic) bond motifs is 1. The van der Waals surface area contributed by atoms with Crippen LogP contribution < -0.4 is 10.4 Å². The lowest BCUT2D eigenvalue weighted by atomic mass is 10.1. The molecule has 0 unspecified atom stereocenters. The van der Waals surface area contributed by atoms with Crippen LogP contribution in [0.1, 0.15) is 16.7 Å². The smallest absolute Gasteiger partial charge is 0.336 e. The van der Waals surface area contributed by atoms with E-state index in [1.807, 2.05) is 19.1 Å². The summed E-state index contributed by atoms with van der Waals surface area (Å²) in [4.78, 5) is 11.4. The van der Waals surface area contributed by atoms with Gasteiger partial charge in [-0.1, -0.05) is 0 Å². The fraction of sp³-hybridized carbons (Fsp3) is 0.0556. The van der Waals surface area contributed by atoms with Gasteiger partial charge in [0.05, 0.1) is 11.1 Å². The van der Waals surface area contributed by atoms with Gasteiger partial charge in [-0.15, -0.1) is 0 Å². The first kappa shape index (κ1) is 14.4. The van der Waals surface area contributed by atoms with E-state index < -0.39 is 5.63 Å². The number of benzene rings is 2. The van der Waals surface area contributed by atoms with E-state index in [9.17, 15) is 4.79 Å². The molecular formula is C18H10N2O3. The molecule has 0 fully saturated rings. The van der Waals surface area contributed by atoms with E-state index in [-0.39, 0.29) is 5.56 Å². The molecule has 110 valence electrons. The Morgan fingerprint density at radius 3 is 2.39 bits per heavy atom. The average Bonchev–Trinajstić information content (AvgIpc) is 2.55. The molecule has 5 nitrogen and oxygen atoms in total. The van der Waals surface area contributed by atoms with E-state index in [2.05, 4.69) is 0 Å². The maximum atomic E-state index is 11.4. The number of rotatable bonds is 2. The lowest BCUT2D eigenvalue weighted by Crippen LogP contribution is -1.97. The molecule has 0 radical (unpaired) electrons. The van der Waals surface area contributed by atoms with Crippen molar-refractivity contribution in [1.29, 1.82) is 10.5 Å². The fourth-order valence-corrected chi connectivity index (χ4v) is 2.28. The number of ether oxygens (including phenoxy) is 1. The molecule has 0 aliphatic heterocycles. The van der Waals surface area contributed by atoms with E-state index in [1.165, 1.54) is 12.1 Å². The number of aryl methyl sites for hydroxylation is 1. The number of hydrogen-bond donors (Lipinski definition) is 0. The molecule has 2 aromatic carbocycles. The number of nitriles is 2. The van der Waals surface area contributed by atoms with Crippen molar-refractivity contribution in [2.75, 3.05) is 0 Å². The first-order valence-corrected chi connectivity index (χ1v) is 6.77. The van der Waals surface area contributed by atoms with E-state index in [0.29, 0.717) is 22.6 Å². The van der Waals surface area contributed by atoms with Crippen molar-refractivity contribution in [2.45, 2.75) is 6.92 Å². The van der Waals surface area contributed by atoms with Crippen LogP contribution in [0.2, 0.25) is 0 Å². The zero-order valence-electron chi connectivity index (χ0n) is 12.2. The second kappa shape index (κ2) is 5.67. The third kappa shape index (κ3) is 2.76. The van der Waals surface area contributed by atoms with Crippen molar-refractivity contribution < 1.29 is 9.15 Å². The highest BCUT2D eigenvalue weighted by Gasteiger charge is 2.07. The van der Waals surface area contributed by atoms with Crippen LogP contribution in [-0.4, -0.2) is 0 Å². The Labute approximate surface area is 131 Å². The maximum absolute atomic E-state index is 11.4. The van der Waals surface area contributed by atoms with Gasteiger partial charge >= 0.3 is 5.63 Å². The van der Waals surface area contributed by atoms with E-state index >= 15 is 0 Å². The van der Waals surface area contributed by atoms with Gasteiger partial charge in [0.2, 0.25) is 0 Å². The molecule has 0 aliphatic rings. The minimum absolute atomic E-state index is 0.257. The predicted octanol–water partition coefficient (Wildman–Crippen LogP) is 3.64. The van der Waals surface area contributed by atoms with Crippen LogP contribution >= 0.6 is 0 Å². The van der Waals surface area contributed by atoms with Gasteiger partial charge in [0.1, 0.15) is 29.2 Å². The van der Waals surface area contributed by atoms with Gasteiger partial charge in [0.25, 0.3) is 0 Å². The second-order valence-corrected chi connectivity index (χ2v) is 4.94. The van der Waals surface area contributed by atoms with Crippen LogP contribution in [0, 0.1) is 29.6 Å². The van der Waals surface area contributed by atoms with Crippen molar-refractivity contribution in [3.8, 4) is 23.6 Å². The third-order valence-electron chi connectivity index (χ3n) is 3.39. The van der Waals surface area contributed by atoms with Gasteiger partial charge in [0.15, 0.2) is 0 Å². The standard InChI is InChI=1S/C18H10N2O3/c1-11-6-18(21)23-17-5-4-15(8-16(11)17)22-14-3-2-12(9-19)13(7-14)10-20/h2-8H,1H3. The molecule has 0 saturated heterocycles. The molecule has 23 heavy (non-hydrogen) atoms. The minimum Gasteiger partial charge on any atom is -0.457 e. The van der Waals surface area contributed by atoms with Gasteiger partial charge in [0, 0.05) is 11.5 Å². The van der Waals surface area contributed by atoms with Crippen molar-refractivity contribution >= 4 is 11.0 Å². The Balaban J connectivity index is 2.01. The summed E-state index contributed by atoms with van der Waals surface area (Å²) in [5.41, 5.74) is 1.44. The molecular weight excluding hydrogens is 292 g/mol. The average molecular weight is 302 g/mol. The summed E-state index contributed by atoms with van der Waals surface area (Å²) >= 11 is 0. The van der Waals surface area contributed by atoms with Crippen LogP contribution in [0.3, 0.4) is 0 Å². The van der Waals surface area contributed by atoms with Crippen molar-refractivity contribution in [2.24, 2.45) is 0 Å². The first-order chi connectivity index (χ1) is 11.1. The molecule has 1 heterocycles. The quantitative estimate of drug-likeness (QED) is 0.674. The molecule has 0 atom stereocenters. The molecule has 3 aromatic rings. The van der Waals surface area contributed by atoms with Crippen molar-refractivity contribution in [1.82, 2.24) is 0 Å². The predicted molar refractivity (Wildman–Crippen MR) is 83.2 cm³/mol. The Bertz CT molecular complexity index is 1050. The Morgan fingerprint density at radius 2 is 1.65 bits per heavy atom. The molecule has 0 aliphatic carbocycles. The topological polar surface area (TPSA) is 87.0 Å². The second-order valence-electron chi connectivity index (χ2n) is 4.94. The van der Waals surface area contributed by atoms with Gasteiger partial charge < -0.3 is 9.15 Å². The monoisotopic (exact) mass is 302 g/mol. The molecule has 5 heteroatoms. The lowest BCUT2D eigenvalue weighted by Gasteiger charge is -2.08. The summed E-state index contributed by atoms with van der Waals surface area (Å²) in [6, 6.07) is 15.1. The number of nitrogens with zero attached hydrogens (tertiary/aromatic N) is 2. The molecule has 0 N–H and O–H groups in total. The summed E-state index contributed by atoms with van der Waals surface area (Å²) in [7, 11) is 0. The highest BCUT2D eigenvalue weighted by atomic mass is 16.5. The van der Waals surface area contributed by atoms with E-state index in [0.717, 1.165) is 10.9 Å². The summed E-state index contributed by atoms with van der Waals surface area (Å²) in [5, 5.41) is 18.7. The zero-order chi connectivity index (χ0) is 16.4. The fourth-order valence-electron chi connectivity index (χ4n) is 2.28. The van der Waals surface area contributed by atoms with Crippen LogP contribution in [0.25, 0.3) is 11.0 Å². The van der Waals surface area contributed by atoms with Gasteiger partial charge in [-0.2, -0.15) is 10.5 Å². The summed E-state index contributed by atoms with van der Waals surface area (Å²) in [6.07, 6.45) is 0. The van der Waals surface area contributed by atoms with Crippen LogP contribution in [0.15, 0.2) is 51.7 Å². The zero-order valence-corrected chi connectivity index (χ0v) is 12.2. The minimum atomic E-state index is -0.394. The van der Waals surface area contributed by atoms with Gasteiger partial charge in [-0.3, -0.25) is 0 Å². The molecule has 0 saturated carbocycles. The molecule has 1 aromatic heterocycles. The summed E-state index contributed by atoms with van der Waals surface area (Å²) in [6.45, 7) is 1.82. The third-order valence-corrected chi connectivity index (χ3v) is 3.39. The number of hydrogen-bond acceptors (Lipinski definition) is 5. The Morgan fingerprint density at radius 1 is 0.957 bits per heavy atom. The Hall–Kier alpha value is -3.57. The SMILES string of the molecule is Cc1cc(=O)oc2ccc(Oc3ccc(C#N)c(C#N)c3)cc12. The summed E-state index contributed by atoms with van der Waals surface area (Å²) < 4.78 is 10.9. The van der Waals surface area contributed by atoms with Crippen LogP contribution in [0.5, 0.6) is 11.5 Å². The van der Waals surface area contributed by atoms with E-state index in [1.54, 1.807) is 30.3 Å². The molecule has 3 rings (SSSR count). The van der Waals surface area contributed by atoms with E-state index in [4.69, 9.17) is 19.7 Å². The summed E-state index contributed by atoms with van der Waals surface area (Å²) in [5.74, 6) is 0.998. The highest BCUT2D eigenvalue weighted by Crippen LogP contribution is 2.27. The van der Waals surface area contributed by atoms with Crippen molar-refractivity contribution in [3.63, 3.8) is 0 Å². The highest BCUT2D eigenvalue weighted by molar-refractivity contribution is 5.81. The normalized spacial score (nSPS) is 10.0. The largest absolute Gasteiger partial charge is 0.457 e. The van der Waals surface area contributed by atoms with Gasteiger partial charge in [-0.05, 0) is 48.9 Å². The van der Waals surface area contributed by atoms with Crippen LogP contribution in [-0.2, 0) is 0 Å². The Kier molecular flexibility index (Phi) is 3.54. The van der Waals surface area contributed by atoms with Crippen LogP contribution in [0.4, 0.5) is 0 Å². The lowest BCUT2D eigenvalue weighted by molar-refractivity contribution is 0.482. The van der Waals surface area contributed by atoms with Crippen molar-refractivity contribution in [3.05, 3.63) is 69.6 Å². The van der Waals surface area contributed by atoms with Gasteiger partial charge in [-0.25, -0.2) is 4.79 Å². The maximum Gasteiger partial charge on any atom is 0.336 e. The molecule has 0 amide bonds. The molecule has 0 bridgehead atoms. The first-order valence-electron chi connectivity index (χ1n) is 6.77.